The summed E-state index contributed by atoms with van der Waals surface area (Å²) in [5.74, 6) is -0.222. The van der Waals surface area contributed by atoms with Crippen molar-refractivity contribution in [1.82, 2.24) is 9.38 Å². The van der Waals surface area contributed by atoms with E-state index in [1.165, 1.54) is 35.6 Å². The van der Waals surface area contributed by atoms with Crippen LogP contribution >= 0.6 is 22.9 Å². The highest BCUT2D eigenvalue weighted by molar-refractivity contribution is 7.15. The lowest BCUT2D eigenvalue weighted by molar-refractivity contribution is -0.107. The number of hydrogen-bond acceptors (Lipinski definition) is 4. The van der Waals surface area contributed by atoms with E-state index in [0.717, 1.165) is 12.0 Å². The Morgan fingerprint density at radius 3 is 2.59 bits per heavy atom. The molecule has 8 heteroatoms. The predicted octanol–water partition coefficient (Wildman–Crippen LogP) is 5.48. The zero-order chi connectivity index (χ0) is 19.0. The molecule has 1 N–H and O–H groups in total. The first kappa shape index (κ1) is 17.6. The van der Waals surface area contributed by atoms with Gasteiger partial charge in [0.05, 0.1) is 5.02 Å². The van der Waals surface area contributed by atoms with E-state index in [2.05, 4.69) is 10.3 Å². The minimum Gasteiger partial charge on any atom is -0.339 e. The van der Waals surface area contributed by atoms with Crippen molar-refractivity contribution in [3.05, 3.63) is 70.2 Å². The Morgan fingerprint density at radius 1 is 1.15 bits per heavy atom. The van der Waals surface area contributed by atoms with Crippen molar-refractivity contribution >= 4 is 45.7 Å². The van der Waals surface area contributed by atoms with E-state index in [-0.39, 0.29) is 17.3 Å². The first-order valence-corrected chi connectivity index (χ1v) is 9.23. The van der Waals surface area contributed by atoms with Gasteiger partial charge >= 0.3 is 0 Å². The monoisotopic (exact) mass is 403 g/mol. The van der Waals surface area contributed by atoms with Crippen LogP contribution in [0.25, 0.3) is 16.2 Å². The molecule has 4 rings (SSSR count). The Kier molecular flexibility index (Phi) is 4.63. The smallest absolute Gasteiger partial charge is 0.196 e. The summed E-state index contributed by atoms with van der Waals surface area (Å²) in [6.07, 6.45) is 1.03. The van der Waals surface area contributed by atoms with Crippen molar-refractivity contribution in [1.29, 1.82) is 0 Å². The largest absolute Gasteiger partial charge is 0.339 e. The number of nitrogens with zero attached hydrogens (tertiary/aromatic N) is 2. The molecule has 0 bridgehead atoms. The van der Waals surface area contributed by atoms with Gasteiger partial charge in [-0.3, -0.25) is 4.40 Å². The van der Waals surface area contributed by atoms with Crippen LogP contribution in [0, 0.1) is 11.6 Å². The van der Waals surface area contributed by atoms with Crippen LogP contribution in [0.1, 0.15) is 5.69 Å². The molecule has 136 valence electrons. The number of rotatable bonds is 5. The summed E-state index contributed by atoms with van der Waals surface area (Å²) in [5, 5.41) is 5.29. The van der Waals surface area contributed by atoms with Crippen molar-refractivity contribution in [2.24, 2.45) is 0 Å². The molecule has 0 radical (unpaired) electrons. The number of nitrogens with one attached hydrogen (secondary N) is 1. The first-order valence-electron chi connectivity index (χ1n) is 7.97. The van der Waals surface area contributed by atoms with Gasteiger partial charge in [-0.15, -0.1) is 11.3 Å². The van der Waals surface area contributed by atoms with Crippen LogP contribution in [0.2, 0.25) is 5.02 Å². The van der Waals surface area contributed by atoms with Crippen LogP contribution in [-0.2, 0) is 11.2 Å². The third-order valence-corrected chi connectivity index (χ3v) is 5.21. The highest BCUT2D eigenvalue weighted by atomic mass is 35.5. The molecule has 0 fully saturated rings. The second-order valence-corrected chi connectivity index (χ2v) is 7.02. The van der Waals surface area contributed by atoms with E-state index in [4.69, 9.17) is 11.6 Å². The Balaban J connectivity index is 1.92. The van der Waals surface area contributed by atoms with Gasteiger partial charge in [-0.05, 0) is 42.5 Å². The summed E-state index contributed by atoms with van der Waals surface area (Å²) >= 11 is 7.62. The number of benzene rings is 2. The maximum absolute atomic E-state index is 13.5. The van der Waals surface area contributed by atoms with E-state index in [0.29, 0.717) is 27.7 Å². The number of fused-ring (bicyclic) bond motifs is 1. The van der Waals surface area contributed by atoms with Crippen LogP contribution in [0.5, 0.6) is 0 Å². The standard InChI is InChI=1S/C19H12ClF2N3OS/c20-16-9-12(22)3-6-15(16)17-18(23-13-4-1-11(21)2-5-13)25-14(7-8-26)10-27-19(25)24-17/h1-6,8-10,23H,7H2. The number of carbonyl (C=O) groups is 1. The minimum atomic E-state index is -0.445. The van der Waals surface area contributed by atoms with Gasteiger partial charge in [-0.25, -0.2) is 13.8 Å². The van der Waals surface area contributed by atoms with Crippen molar-refractivity contribution in [2.75, 3.05) is 5.32 Å². The molecular weight excluding hydrogens is 392 g/mol. The van der Waals surface area contributed by atoms with Crippen molar-refractivity contribution < 1.29 is 13.6 Å². The second-order valence-electron chi connectivity index (χ2n) is 5.78. The van der Waals surface area contributed by atoms with E-state index in [9.17, 15) is 13.6 Å². The van der Waals surface area contributed by atoms with Crippen LogP contribution in [0.3, 0.4) is 0 Å². The van der Waals surface area contributed by atoms with Gasteiger partial charge in [0.1, 0.15) is 29.4 Å². The number of aldehydes is 1. The van der Waals surface area contributed by atoms with Gasteiger partial charge in [0, 0.05) is 28.7 Å². The maximum Gasteiger partial charge on any atom is 0.196 e. The topological polar surface area (TPSA) is 46.4 Å². The van der Waals surface area contributed by atoms with Gasteiger partial charge in [-0.2, -0.15) is 0 Å². The highest BCUT2D eigenvalue weighted by Crippen LogP contribution is 2.37. The third-order valence-electron chi connectivity index (χ3n) is 4.02. The Labute approximate surface area is 162 Å². The van der Waals surface area contributed by atoms with E-state index < -0.39 is 5.82 Å². The summed E-state index contributed by atoms with van der Waals surface area (Å²) in [6, 6.07) is 9.95. The minimum absolute atomic E-state index is 0.213. The quantitative estimate of drug-likeness (QED) is 0.449. The molecule has 0 aliphatic rings. The van der Waals surface area contributed by atoms with Crippen molar-refractivity contribution in [2.45, 2.75) is 6.42 Å². The molecule has 2 heterocycles. The lowest BCUT2D eigenvalue weighted by Crippen LogP contribution is -2.00. The Morgan fingerprint density at radius 2 is 1.89 bits per heavy atom. The number of halogens is 3. The molecule has 0 atom stereocenters. The molecule has 4 aromatic rings. The molecule has 0 amide bonds. The molecule has 2 aromatic carbocycles. The maximum atomic E-state index is 13.5. The summed E-state index contributed by atoms with van der Waals surface area (Å²) in [7, 11) is 0. The SMILES string of the molecule is O=CCc1csc2nc(-c3ccc(F)cc3Cl)c(Nc3ccc(F)cc3)n12. The molecule has 0 saturated carbocycles. The van der Waals surface area contributed by atoms with Gasteiger partial charge in [0.25, 0.3) is 0 Å². The average molecular weight is 404 g/mol. The van der Waals surface area contributed by atoms with E-state index >= 15 is 0 Å². The lowest BCUT2D eigenvalue weighted by Gasteiger charge is -2.10. The molecule has 2 aromatic heterocycles. The number of anilines is 2. The summed E-state index contributed by atoms with van der Waals surface area (Å²) in [4.78, 5) is 16.3. The summed E-state index contributed by atoms with van der Waals surface area (Å²) < 4.78 is 28.5. The molecule has 0 saturated heterocycles. The van der Waals surface area contributed by atoms with Crippen LogP contribution < -0.4 is 5.32 Å². The predicted molar refractivity (Wildman–Crippen MR) is 103 cm³/mol. The fourth-order valence-corrected chi connectivity index (χ4v) is 3.96. The number of imidazole rings is 1. The molecular formula is C19H12ClF2N3OS. The first-order chi connectivity index (χ1) is 13.1. The van der Waals surface area contributed by atoms with Crippen LogP contribution in [-0.4, -0.2) is 15.7 Å². The van der Waals surface area contributed by atoms with Gasteiger partial charge in [0.15, 0.2) is 4.96 Å². The zero-order valence-electron chi connectivity index (χ0n) is 13.7. The number of thiazole rings is 1. The fraction of sp³-hybridized carbons (Fsp3) is 0.0526. The number of aromatic nitrogens is 2. The number of carbonyl (C=O) groups excluding carboxylic acids is 1. The zero-order valence-corrected chi connectivity index (χ0v) is 15.3. The number of hydrogen-bond donors (Lipinski definition) is 1. The molecule has 27 heavy (non-hydrogen) atoms. The second kappa shape index (κ2) is 7.09. The molecule has 0 unspecified atom stereocenters. The van der Waals surface area contributed by atoms with Gasteiger partial charge in [0.2, 0.25) is 0 Å². The lowest BCUT2D eigenvalue weighted by atomic mass is 10.1. The van der Waals surface area contributed by atoms with Crippen LogP contribution in [0.15, 0.2) is 47.8 Å². The average Bonchev–Trinajstić information content (AvgIpc) is 3.18. The highest BCUT2D eigenvalue weighted by Gasteiger charge is 2.20. The molecule has 0 aliphatic carbocycles. The Hall–Kier alpha value is -2.77. The normalized spacial score (nSPS) is 11.1. The molecule has 0 spiro atoms. The summed E-state index contributed by atoms with van der Waals surface area (Å²) in [5.41, 5.74) is 2.46. The van der Waals surface area contributed by atoms with Crippen LogP contribution in [0.4, 0.5) is 20.3 Å². The summed E-state index contributed by atoms with van der Waals surface area (Å²) in [6.45, 7) is 0. The molecule has 4 nitrogen and oxygen atoms in total. The Bertz CT molecular complexity index is 1140. The van der Waals surface area contributed by atoms with Gasteiger partial charge < -0.3 is 10.1 Å². The van der Waals surface area contributed by atoms with Gasteiger partial charge in [-0.1, -0.05) is 11.6 Å². The third kappa shape index (κ3) is 3.31. The van der Waals surface area contributed by atoms with Crippen molar-refractivity contribution in [3.63, 3.8) is 0 Å². The molecule has 0 aliphatic heterocycles. The van der Waals surface area contributed by atoms with Crippen molar-refractivity contribution in [3.8, 4) is 11.3 Å². The fourth-order valence-electron chi connectivity index (χ4n) is 2.80. The van der Waals surface area contributed by atoms with E-state index in [1.54, 1.807) is 18.2 Å². The van der Waals surface area contributed by atoms with E-state index in [1.807, 2.05) is 9.78 Å².